The van der Waals surface area contributed by atoms with E-state index in [-0.39, 0.29) is 12.3 Å². The fourth-order valence-electron chi connectivity index (χ4n) is 2.00. The van der Waals surface area contributed by atoms with E-state index in [9.17, 15) is 14.9 Å². The van der Waals surface area contributed by atoms with Gasteiger partial charge in [0.05, 0.1) is 17.6 Å². The molecule has 2 aromatic carbocycles. The van der Waals surface area contributed by atoms with Crippen molar-refractivity contribution in [1.29, 1.82) is 0 Å². The molecule has 0 bridgehead atoms. The number of hydrogen-bond donors (Lipinski definition) is 0. The number of esters is 1. The van der Waals surface area contributed by atoms with Crippen molar-refractivity contribution in [3.8, 4) is 5.75 Å². The number of hydrogen-bond acceptors (Lipinski definition) is 5. The van der Waals surface area contributed by atoms with Crippen molar-refractivity contribution in [2.45, 2.75) is 13.5 Å². The molecule has 0 heterocycles. The molecule has 0 aliphatic heterocycles. The Hall–Kier alpha value is -2.89. The smallest absolute Gasteiger partial charge is 0.338 e. The van der Waals surface area contributed by atoms with Crippen molar-refractivity contribution < 1.29 is 19.2 Å². The predicted octanol–water partition coefficient (Wildman–Crippen LogP) is 3.27. The lowest BCUT2D eigenvalue weighted by atomic mass is 10.1. The number of rotatable bonds is 5. The maximum atomic E-state index is 12.1. The number of nitrogens with zero attached hydrogens (tertiary/aromatic N) is 1. The van der Waals surface area contributed by atoms with Gasteiger partial charge in [0.25, 0.3) is 5.69 Å². The maximum absolute atomic E-state index is 12.1. The molecule has 0 radical (unpaired) electrons. The zero-order chi connectivity index (χ0) is 16.1. The van der Waals surface area contributed by atoms with Gasteiger partial charge in [-0.3, -0.25) is 10.1 Å². The van der Waals surface area contributed by atoms with Crippen LogP contribution in [0.3, 0.4) is 0 Å². The van der Waals surface area contributed by atoms with Crippen molar-refractivity contribution in [3.63, 3.8) is 0 Å². The average Bonchev–Trinajstić information content (AvgIpc) is 2.53. The summed E-state index contributed by atoms with van der Waals surface area (Å²) in [6.45, 7) is 1.83. The zero-order valence-corrected chi connectivity index (χ0v) is 12.2. The van der Waals surface area contributed by atoms with Crippen LogP contribution < -0.4 is 4.74 Å². The van der Waals surface area contributed by atoms with Gasteiger partial charge in [-0.15, -0.1) is 0 Å². The fourth-order valence-corrected chi connectivity index (χ4v) is 2.00. The first-order valence-electron chi connectivity index (χ1n) is 6.57. The first-order valence-corrected chi connectivity index (χ1v) is 6.57. The summed E-state index contributed by atoms with van der Waals surface area (Å²) in [5.74, 6) is 0.152. The minimum Gasteiger partial charge on any atom is -0.496 e. The van der Waals surface area contributed by atoms with E-state index in [0.717, 1.165) is 0 Å². The Balaban J connectivity index is 2.05. The van der Waals surface area contributed by atoms with Crippen molar-refractivity contribution in [1.82, 2.24) is 0 Å². The fraction of sp³-hybridized carbons (Fsp3) is 0.188. The average molecular weight is 301 g/mol. The van der Waals surface area contributed by atoms with E-state index in [1.165, 1.54) is 19.2 Å². The summed E-state index contributed by atoms with van der Waals surface area (Å²) in [7, 11) is 1.54. The minimum absolute atomic E-state index is 0.00119. The molecule has 0 saturated carbocycles. The van der Waals surface area contributed by atoms with E-state index in [1.807, 2.05) is 0 Å². The molecule has 6 heteroatoms. The lowest BCUT2D eigenvalue weighted by molar-refractivity contribution is -0.384. The van der Waals surface area contributed by atoms with Gasteiger partial charge in [0.2, 0.25) is 0 Å². The Morgan fingerprint density at radius 1 is 1.18 bits per heavy atom. The zero-order valence-electron chi connectivity index (χ0n) is 12.2. The molecule has 114 valence electrons. The highest BCUT2D eigenvalue weighted by Crippen LogP contribution is 2.22. The number of carbonyl (C=O) groups excluding carboxylic acids is 1. The molecule has 0 spiro atoms. The van der Waals surface area contributed by atoms with Crippen molar-refractivity contribution >= 4 is 11.7 Å². The van der Waals surface area contributed by atoms with Gasteiger partial charge >= 0.3 is 5.97 Å². The summed E-state index contributed by atoms with van der Waals surface area (Å²) >= 11 is 0. The van der Waals surface area contributed by atoms with Crippen LogP contribution in [-0.2, 0) is 11.3 Å². The summed E-state index contributed by atoms with van der Waals surface area (Å²) in [4.78, 5) is 22.2. The molecule has 0 unspecified atom stereocenters. The molecule has 0 aliphatic rings. The van der Waals surface area contributed by atoms with E-state index < -0.39 is 10.9 Å². The van der Waals surface area contributed by atoms with Gasteiger partial charge < -0.3 is 9.47 Å². The highest BCUT2D eigenvalue weighted by atomic mass is 16.6. The molecule has 0 atom stereocenters. The van der Waals surface area contributed by atoms with Crippen LogP contribution in [0.15, 0.2) is 42.5 Å². The van der Waals surface area contributed by atoms with Crippen LogP contribution in [0.1, 0.15) is 21.5 Å². The van der Waals surface area contributed by atoms with Gasteiger partial charge in [-0.25, -0.2) is 4.79 Å². The SMILES string of the molecule is COc1cccc(C(=O)OCc2ccc([N+](=O)[O-])cc2)c1C. The minimum atomic E-state index is -0.477. The molecule has 2 rings (SSSR count). The normalized spacial score (nSPS) is 10.1. The van der Waals surface area contributed by atoms with Gasteiger partial charge in [0, 0.05) is 17.7 Å². The highest BCUT2D eigenvalue weighted by Gasteiger charge is 2.14. The lowest BCUT2D eigenvalue weighted by Crippen LogP contribution is -2.08. The van der Waals surface area contributed by atoms with Crippen molar-refractivity contribution in [2.24, 2.45) is 0 Å². The number of ether oxygens (including phenoxy) is 2. The Bertz CT molecular complexity index is 694. The van der Waals surface area contributed by atoms with Crippen LogP contribution >= 0.6 is 0 Å². The lowest BCUT2D eigenvalue weighted by Gasteiger charge is -2.10. The van der Waals surface area contributed by atoms with Crippen LogP contribution in [0, 0.1) is 17.0 Å². The maximum Gasteiger partial charge on any atom is 0.338 e. The largest absolute Gasteiger partial charge is 0.496 e. The van der Waals surface area contributed by atoms with Crippen LogP contribution in [0.25, 0.3) is 0 Å². The molecular weight excluding hydrogens is 286 g/mol. The molecule has 0 N–H and O–H groups in total. The van der Waals surface area contributed by atoms with Crippen molar-refractivity contribution in [2.75, 3.05) is 7.11 Å². The molecule has 2 aromatic rings. The van der Waals surface area contributed by atoms with Gasteiger partial charge in [-0.2, -0.15) is 0 Å². The monoisotopic (exact) mass is 301 g/mol. The summed E-state index contributed by atoms with van der Waals surface area (Å²) in [5, 5.41) is 10.6. The first kappa shape index (κ1) is 15.5. The summed E-state index contributed by atoms with van der Waals surface area (Å²) in [6.07, 6.45) is 0. The molecular formula is C16H15NO5. The molecule has 6 nitrogen and oxygen atoms in total. The third-order valence-electron chi connectivity index (χ3n) is 3.24. The first-order chi connectivity index (χ1) is 10.5. The van der Waals surface area contributed by atoms with Gasteiger partial charge in [-0.1, -0.05) is 6.07 Å². The second kappa shape index (κ2) is 6.71. The number of benzene rings is 2. The van der Waals surface area contributed by atoms with E-state index in [4.69, 9.17) is 9.47 Å². The second-order valence-electron chi connectivity index (χ2n) is 4.63. The molecule has 0 amide bonds. The Morgan fingerprint density at radius 2 is 1.86 bits per heavy atom. The summed E-state index contributed by atoms with van der Waals surface area (Å²) in [5.41, 5.74) is 1.82. The Morgan fingerprint density at radius 3 is 2.45 bits per heavy atom. The van der Waals surface area contributed by atoms with Gasteiger partial charge in [0.15, 0.2) is 0 Å². The summed E-state index contributed by atoms with van der Waals surface area (Å²) < 4.78 is 10.4. The number of methoxy groups -OCH3 is 1. The van der Waals surface area contributed by atoms with Gasteiger partial charge in [-0.05, 0) is 36.8 Å². The highest BCUT2D eigenvalue weighted by molar-refractivity contribution is 5.91. The van der Waals surface area contributed by atoms with Gasteiger partial charge in [0.1, 0.15) is 12.4 Å². The molecule has 0 fully saturated rings. The van der Waals surface area contributed by atoms with Crippen LogP contribution in [0.2, 0.25) is 0 Å². The number of non-ortho nitro benzene ring substituents is 1. The number of nitro benzene ring substituents is 1. The van der Waals surface area contributed by atoms with E-state index >= 15 is 0 Å². The molecule has 0 aromatic heterocycles. The predicted molar refractivity (Wildman–Crippen MR) is 79.9 cm³/mol. The molecule has 0 saturated heterocycles. The Kier molecular flexibility index (Phi) is 4.73. The van der Waals surface area contributed by atoms with E-state index in [1.54, 1.807) is 37.3 Å². The second-order valence-corrected chi connectivity index (χ2v) is 4.63. The Labute approximate surface area is 127 Å². The number of nitro groups is 1. The van der Waals surface area contributed by atoms with Crippen molar-refractivity contribution in [3.05, 3.63) is 69.3 Å². The summed E-state index contributed by atoms with van der Waals surface area (Å²) in [6, 6.07) is 11.0. The number of carbonyl (C=O) groups is 1. The van der Waals surface area contributed by atoms with Crippen LogP contribution in [0.5, 0.6) is 5.75 Å². The standard InChI is InChI=1S/C16H15NO5/c1-11-14(4-3-5-15(11)21-2)16(18)22-10-12-6-8-13(9-7-12)17(19)20/h3-9H,10H2,1-2H3. The topological polar surface area (TPSA) is 78.7 Å². The van der Waals surface area contributed by atoms with E-state index in [0.29, 0.717) is 22.4 Å². The third-order valence-corrected chi connectivity index (χ3v) is 3.24. The molecule has 22 heavy (non-hydrogen) atoms. The third kappa shape index (κ3) is 3.41. The quantitative estimate of drug-likeness (QED) is 0.481. The molecule has 0 aliphatic carbocycles. The van der Waals surface area contributed by atoms with Crippen LogP contribution in [0.4, 0.5) is 5.69 Å². The van der Waals surface area contributed by atoms with E-state index in [2.05, 4.69) is 0 Å². The van der Waals surface area contributed by atoms with Crippen LogP contribution in [-0.4, -0.2) is 18.0 Å².